The van der Waals surface area contributed by atoms with E-state index in [9.17, 15) is 14.4 Å². The molecule has 3 N–H and O–H groups in total. The van der Waals surface area contributed by atoms with Crippen molar-refractivity contribution >= 4 is 46.5 Å². The third kappa shape index (κ3) is 6.41. The molecule has 1 aliphatic rings. The van der Waals surface area contributed by atoms with Crippen molar-refractivity contribution < 1.29 is 14.4 Å². The maximum Gasteiger partial charge on any atom is 0.322 e. The molecule has 1 aromatic carbocycles. The van der Waals surface area contributed by atoms with Gasteiger partial charge in [0.2, 0.25) is 5.91 Å². The molecule has 166 valence electrons. The van der Waals surface area contributed by atoms with E-state index >= 15 is 0 Å². The summed E-state index contributed by atoms with van der Waals surface area (Å²) in [6.07, 6.45) is 2.39. The van der Waals surface area contributed by atoms with Gasteiger partial charge in [-0.2, -0.15) is 0 Å². The third-order valence-corrected chi connectivity index (χ3v) is 5.96. The molecule has 1 unspecified atom stereocenters. The summed E-state index contributed by atoms with van der Waals surface area (Å²) in [4.78, 5) is 43.4. The number of hydrogen-bond acceptors (Lipinski definition) is 5. The Kier molecular flexibility index (Phi) is 7.86. The van der Waals surface area contributed by atoms with E-state index in [-0.39, 0.29) is 36.1 Å². The number of carbonyl (C=O) groups excluding carboxylic acids is 3. The Bertz CT molecular complexity index is 949. The van der Waals surface area contributed by atoms with E-state index in [0.29, 0.717) is 28.7 Å². The smallest absolute Gasteiger partial charge is 0.322 e. The fraction of sp³-hybridized carbons (Fsp3) is 0.429. The topological polar surface area (TPSA) is 103 Å². The summed E-state index contributed by atoms with van der Waals surface area (Å²) in [5.41, 5.74) is 0.847. The highest BCUT2D eigenvalue weighted by molar-refractivity contribution is 7.09. The number of nitrogens with zero attached hydrogens (tertiary/aromatic N) is 2. The number of aromatic nitrogens is 1. The number of amides is 4. The first-order valence-electron chi connectivity index (χ1n) is 10.2. The molecule has 0 spiro atoms. The van der Waals surface area contributed by atoms with Crippen molar-refractivity contribution in [3.05, 3.63) is 45.4 Å². The molecule has 1 saturated heterocycles. The monoisotopic (exact) mass is 463 g/mol. The SMILES string of the molecule is CC(C)N(Cc1nc(C(=O)NC2CCCCNC2=O)cs1)C(=O)Nc1cccc(Cl)c1. The summed E-state index contributed by atoms with van der Waals surface area (Å²) in [6.45, 7) is 4.70. The molecule has 31 heavy (non-hydrogen) atoms. The first-order valence-corrected chi connectivity index (χ1v) is 11.5. The Balaban J connectivity index is 1.63. The van der Waals surface area contributed by atoms with Crippen LogP contribution in [0.25, 0.3) is 0 Å². The standard InChI is InChI=1S/C21H26ClN5O3S/c1-13(2)27(21(30)24-15-7-5-6-14(22)10-15)11-18-25-17(12-31-18)20(29)26-16-8-3-4-9-23-19(16)28/h5-7,10,12-13,16H,3-4,8-9,11H2,1-2H3,(H,23,28)(H,24,30)(H,26,29). The van der Waals surface area contributed by atoms with Crippen LogP contribution in [0.15, 0.2) is 29.6 Å². The summed E-state index contributed by atoms with van der Waals surface area (Å²) in [5, 5.41) is 11.2. The lowest BCUT2D eigenvalue weighted by Crippen LogP contribution is -2.45. The van der Waals surface area contributed by atoms with Crippen molar-refractivity contribution in [2.24, 2.45) is 0 Å². The van der Waals surface area contributed by atoms with Crippen molar-refractivity contribution in [1.82, 2.24) is 20.5 Å². The van der Waals surface area contributed by atoms with Gasteiger partial charge in [0.05, 0.1) is 6.54 Å². The van der Waals surface area contributed by atoms with Gasteiger partial charge in [-0.15, -0.1) is 11.3 Å². The number of rotatable bonds is 6. The average Bonchev–Trinajstić information content (AvgIpc) is 3.10. The molecule has 1 fully saturated rings. The van der Waals surface area contributed by atoms with Gasteiger partial charge in [0, 0.05) is 28.7 Å². The second-order valence-electron chi connectivity index (χ2n) is 7.60. The minimum absolute atomic E-state index is 0.0879. The minimum Gasteiger partial charge on any atom is -0.354 e. The van der Waals surface area contributed by atoms with Crippen LogP contribution in [0.1, 0.15) is 48.6 Å². The summed E-state index contributed by atoms with van der Waals surface area (Å²) in [5.74, 6) is -0.547. The summed E-state index contributed by atoms with van der Waals surface area (Å²) < 4.78 is 0. The van der Waals surface area contributed by atoms with Gasteiger partial charge in [-0.05, 0) is 51.3 Å². The van der Waals surface area contributed by atoms with E-state index < -0.39 is 6.04 Å². The van der Waals surface area contributed by atoms with Crippen LogP contribution in [0.4, 0.5) is 10.5 Å². The zero-order chi connectivity index (χ0) is 22.4. The van der Waals surface area contributed by atoms with E-state index in [1.54, 1.807) is 34.5 Å². The Morgan fingerprint density at radius 1 is 1.35 bits per heavy atom. The predicted molar refractivity (Wildman–Crippen MR) is 121 cm³/mol. The van der Waals surface area contributed by atoms with E-state index in [4.69, 9.17) is 11.6 Å². The predicted octanol–water partition coefficient (Wildman–Crippen LogP) is 3.64. The van der Waals surface area contributed by atoms with Crippen molar-refractivity contribution in [3.8, 4) is 0 Å². The highest BCUT2D eigenvalue weighted by Crippen LogP contribution is 2.19. The number of anilines is 1. The zero-order valence-corrected chi connectivity index (χ0v) is 19.1. The maximum absolute atomic E-state index is 12.8. The molecule has 2 aromatic rings. The van der Waals surface area contributed by atoms with Crippen molar-refractivity contribution in [2.45, 2.75) is 51.7 Å². The number of benzene rings is 1. The summed E-state index contributed by atoms with van der Waals surface area (Å²) >= 11 is 7.29. The maximum atomic E-state index is 12.8. The van der Waals surface area contributed by atoms with Gasteiger partial charge in [-0.1, -0.05) is 17.7 Å². The van der Waals surface area contributed by atoms with Crippen LogP contribution >= 0.6 is 22.9 Å². The minimum atomic E-state index is -0.546. The molecule has 0 bridgehead atoms. The summed E-state index contributed by atoms with van der Waals surface area (Å²) in [6, 6.07) is 6.01. The second kappa shape index (κ2) is 10.6. The molecule has 4 amide bonds. The Hall–Kier alpha value is -2.65. The van der Waals surface area contributed by atoms with Gasteiger partial charge in [0.25, 0.3) is 5.91 Å². The summed E-state index contributed by atoms with van der Waals surface area (Å²) in [7, 11) is 0. The van der Waals surface area contributed by atoms with Gasteiger partial charge >= 0.3 is 6.03 Å². The molecule has 0 aliphatic carbocycles. The number of halogens is 1. The Morgan fingerprint density at radius 3 is 2.90 bits per heavy atom. The quantitative estimate of drug-likeness (QED) is 0.608. The van der Waals surface area contributed by atoms with Crippen LogP contribution in [-0.2, 0) is 11.3 Å². The van der Waals surface area contributed by atoms with E-state index in [1.165, 1.54) is 11.3 Å². The number of carbonyl (C=O) groups is 3. The third-order valence-electron chi connectivity index (χ3n) is 4.89. The fourth-order valence-corrected chi connectivity index (χ4v) is 4.16. The number of urea groups is 1. The molecule has 10 heteroatoms. The molecule has 2 heterocycles. The lowest BCUT2D eigenvalue weighted by atomic mass is 10.1. The molecule has 1 aromatic heterocycles. The number of thiazole rings is 1. The molecule has 1 atom stereocenters. The van der Waals surface area contributed by atoms with Crippen molar-refractivity contribution in [3.63, 3.8) is 0 Å². The van der Waals surface area contributed by atoms with Crippen molar-refractivity contribution in [2.75, 3.05) is 11.9 Å². The first-order chi connectivity index (χ1) is 14.8. The van der Waals surface area contributed by atoms with Crippen molar-refractivity contribution in [1.29, 1.82) is 0 Å². The Morgan fingerprint density at radius 2 is 2.16 bits per heavy atom. The number of hydrogen-bond donors (Lipinski definition) is 3. The van der Waals surface area contributed by atoms with Gasteiger partial charge in [0.1, 0.15) is 16.7 Å². The highest BCUT2D eigenvalue weighted by Gasteiger charge is 2.25. The lowest BCUT2D eigenvalue weighted by molar-refractivity contribution is -0.122. The second-order valence-corrected chi connectivity index (χ2v) is 8.98. The van der Waals surface area contributed by atoms with Gasteiger partial charge < -0.3 is 20.9 Å². The molecular weight excluding hydrogens is 438 g/mol. The van der Waals surface area contributed by atoms with E-state index in [1.807, 2.05) is 13.8 Å². The zero-order valence-electron chi connectivity index (χ0n) is 17.5. The molecule has 0 radical (unpaired) electrons. The van der Waals surface area contributed by atoms with Gasteiger partial charge in [0.15, 0.2) is 0 Å². The van der Waals surface area contributed by atoms with Crippen LogP contribution in [-0.4, -0.2) is 46.4 Å². The molecular formula is C21H26ClN5O3S. The Labute approximate surface area is 190 Å². The number of nitrogens with one attached hydrogen (secondary N) is 3. The van der Waals surface area contributed by atoms with Crippen LogP contribution in [0, 0.1) is 0 Å². The molecule has 8 nitrogen and oxygen atoms in total. The van der Waals surface area contributed by atoms with Crippen LogP contribution in [0.2, 0.25) is 5.02 Å². The molecule has 3 rings (SSSR count). The van der Waals surface area contributed by atoms with E-state index in [2.05, 4.69) is 20.9 Å². The first kappa shape index (κ1) is 23.0. The van der Waals surface area contributed by atoms with E-state index in [0.717, 1.165) is 12.8 Å². The fourth-order valence-electron chi connectivity index (χ4n) is 3.19. The highest BCUT2D eigenvalue weighted by atomic mass is 35.5. The van der Waals surface area contributed by atoms with Crippen LogP contribution < -0.4 is 16.0 Å². The van der Waals surface area contributed by atoms with Crippen LogP contribution in [0.5, 0.6) is 0 Å². The molecule has 1 aliphatic heterocycles. The van der Waals surface area contributed by atoms with Crippen LogP contribution in [0.3, 0.4) is 0 Å². The normalized spacial score (nSPS) is 16.4. The average molecular weight is 464 g/mol. The molecule has 0 saturated carbocycles. The largest absolute Gasteiger partial charge is 0.354 e. The lowest BCUT2D eigenvalue weighted by Gasteiger charge is -2.26. The van der Waals surface area contributed by atoms with Gasteiger partial charge in [-0.25, -0.2) is 9.78 Å². The van der Waals surface area contributed by atoms with Gasteiger partial charge in [-0.3, -0.25) is 9.59 Å².